The second kappa shape index (κ2) is 5.69. The highest BCUT2D eigenvalue weighted by Crippen LogP contribution is 2.23. The zero-order valence-electron chi connectivity index (χ0n) is 11.3. The van der Waals surface area contributed by atoms with Crippen LogP contribution in [0.15, 0.2) is 11.7 Å². The minimum Gasteiger partial charge on any atom is -0.342 e. The first-order valence-corrected chi connectivity index (χ1v) is 7.47. The summed E-state index contributed by atoms with van der Waals surface area (Å²) in [4.78, 5) is 31.4. The standard InChI is InChI=1S/C13H19N3O2S/c1-3-13(4-2)12(18)16(6-5-11(17)15-13)8-10-7-14-9-19-10/h7,9H,3-6,8H2,1-2H3,(H,15,17). The topological polar surface area (TPSA) is 62.3 Å². The summed E-state index contributed by atoms with van der Waals surface area (Å²) < 4.78 is 0. The van der Waals surface area contributed by atoms with Crippen LogP contribution in [0, 0.1) is 0 Å². The van der Waals surface area contributed by atoms with Crippen molar-refractivity contribution in [1.29, 1.82) is 0 Å². The van der Waals surface area contributed by atoms with E-state index in [-0.39, 0.29) is 11.8 Å². The van der Waals surface area contributed by atoms with Crippen LogP contribution >= 0.6 is 11.3 Å². The summed E-state index contributed by atoms with van der Waals surface area (Å²) in [6, 6.07) is 0. The van der Waals surface area contributed by atoms with Crippen molar-refractivity contribution in [3.05, 3.63) is 16.6 Å². The van der Waals surface area contributed by atoms with Crippen molar-refractivity contribution in [3.8, 4) is 0 Å². The van der Waals surface area contributed by atoms with Crippen LogP contribution in [0.25, 0.3) is 0 Å². The van der Waals surface area contributed by atoms with Gasteiger partial charge in [-0.15, -0.1) is 11.3 Å². The third-order valence-corrected chi connectivity index (χ3v) is 4.49. The molecule has 2 heterocycles. The molecule has 1 fully saturated rings. The van der Waals surface area contributed by atoms with Crippen LogP contribution in [0.5, 0.6) is 0 Å². The number of amides is 2. The predicted molar refractivity (Wildman–Crippen MR) is 73.6 cm³/mol. The van der Waals surface area contributed by atoms with Gasteiger partial charge in [0, 0.05) is 24.0 Å². The molecule has 1 aliphatic heterocycles. The van der Waals surface area contributed by atoms with Crippen LogP contribution in [0.3, 0.4) is 0 Å². The molecule has 1 aliphatic rings. The van der Waals surface area contributed by atoms with Crippen LogP contribution < -0.4 is 5.32 Å². The highest BCUT2D eigenvalue weighted by molar-refractivity contribution is 7.09. The molecule has 0 bridgehead atoms. The quantitative estimate of drug-likeness (QED) is 0.911. The normalized spacial score (nSPS) is 19.2. The fourth-order valence-electron chi connectivity index (χ4n) is 2.41. The van der Waals surface area contributed by atoms with Gasteiger partial charge in [0.25, 0.3) is 0 Å². The van der Waals surface area contributed by atoms with Gasteiger partial charge in [-0.2, -0.15) is 0 Å². The van der Waals surface area contributed by atoms with E-state index in [0.717, 1.165) is 4.88 Å². The fraction of sp³-hybridized carbons (Fsp3) is 0.615. The summed E-state index contributed by atoms with van der Waals surface area (Å²) in [6.45, 7) is 4.90. The summed E-state index contributed by atoms with van der Waals surface area (Å²) in [5.74, 6) is -0.0133. The Morgan fingerprint density at radius 1 is 1.42 bits per heavy atom. The molecule has 0 unspecified atom stereocenters. The maximum Gasteiger partial charge on any atom is 0.248 e. The van der Waals surface area contributed by atoms with Gasteiger partial charge in [-0.05, 0) is 12.8 Å². The third kappa shape index (κ3) is 2.78. The number of thiazole rings is 1. The van der Waals surface area contributed by atoms with Gasteiger partial charge < -0.3 is 10.2 Å². The molecule has 1 aromatic rings. The van der Waals surface area contributed by atoms with Gasteiger partial charge in [0.15, 0.2) is 0 Å². The number of rotatable bonds is 4. The van der Waals surface area contributed by atoms with Crippen molar-refractivity contribution in [2.24, 2.45) is 0 Å². The number of aromatic nitrogens is 1. The second-order valence-corrected chi connectivity index (χ2v) is 5.75. The molecular formula is C13H19N3O2S. The zero-order chi connectivity index (χ0) is 13.9. The molecule has 0 spiro atoms. The van der Waals surface area contributed by atoms with E-state index < -0.39 is 5.54 Å². The molecule has 5 nitrogen and oxygen atoms in total. The number of nitrogens with one attached hydrogen (secondary N) is 1. The second-order valence-electron chi connectivity index (χ2n) is 4.78. The number of hydrogen-bond donors (Lipinski definition) is 1. The van der Waals surface area contributed by atoms with E-state index >= 15 is 0 Å². The van der Waals surface area contributed by atoms with Gasteiger partial charge in [0.2, 0.25) is 11.8 Å². The lowest BCUT2D eigenvalue weighted by Gasteiger charge is -2.33. The minimum atomic E-state index is -0.738. The van der Waals surface area contributed by atoms with Crippen molar-refractivity contribution in [2.45, 2.75) is 45.2 Å². The van der Waals surface area contributed by atoms with Gasteiger partial charge in [-0.3, -0.25) is 14.6 Å². The molecule has 2 rings (SSSR count). The van der Waals surface area contributed by atoms with Gasteiger partial charge >= 0.3 is 0 Å². The molecule has 2 amide bonds. The Bertz CT molecular complexity index is 454. The molecule has 0 atom stereocenters. The molecule has 1 aromatic heterocycles. The van der Waals surface area contributed by atoms with Crippen molar-refractivity contribution in [1.82, 2.24) is 15.2 Å². The Kier molecular flexibility index (Phi) is 4.19. The van der Waals surface area contributed by atoms with E-state index in [1.165, 1.54) is 11.3 Å². The molecule has 6 heteroatoms. The van der Waals surface area contributed by atoms with Crippen molar-refractivity contribution in [3.63, 3.8) is 0 Å². The molecule has 0 saturated carbocycles. The van der Waals surface area contributed by atoms with Crippen molar-refractivity contribution in [2.75, 3.05) is 6.54 Å². The molecule has 0 aromatic carbocycles. The Balaban J connectivity index is 2.23. The Hall–Kier alpha value is -1.43. The highest BCUT2D eigenvalue weighted by Gasteiger charge is 2.41. The molecular weight excluding hydrogens is 262 g/mol. The van der Waals surface area contributed by atoms with Crippen LogP contribution in [0.1, 0.15) is 38.0 Å². The zero-order valence-corrected chi connectivity index (χ0v) is 12.1. The highest BCUT2D eigenvalue weighted by atomic mass is 32.1. The van der Waals surface area contributed by atoms with Crippen LogP contribution in [-0.2, 0) is 16.1 Å². The first-order valence-electron chi connectivity index (χ1n) is 6.59. The Morgan fingerprint density at radius 2 is 2.16 bits per heavy atom. The van der Waals surface area contributed by atoms with Gasteiger partial charge in [0.05, 0.1) is 12.1 Å². The van der Waals surface area contributed by atoms with Gasteiger partial charge in [-0.1, -0.05) is 13.8 Å². The largest absolute Gasteiger partial charge is 0.342 e. The lowest BCUT2D eigenvalue weighted by Crippen LogP contribution is -2.56. The number of carbonyl (C=O) groups is 2. The molecule has 1 N–H and O–H groups in total. The third-order valence-electron chi connectivity index (χ3n) is 3.72. The maximum absolute atomic E-state index is 12.7. The summed E-state index contributed by atoms with van der Waals surface area (Å²) >= 11 is 1.53. The van der Waals surface area contributed by atoms with Gasteiger partial charge in [-0.25, -0.2) is 0 Å². The van der Waals surface area contributed by atoms with Crippen LogP contribution in [-0.4, -0.2) is 33.8 Å². The Labute approximate surface area is 117 Å². The number of carbonyl (C=O) groups excluding carboxylic acids is 2. The smallest absolute Gasteiger partial charge is 0.248 e. The van der Waals surface area contributed by atoms with Crippen molar-refractivity contribution >= 4 is 23.2 Å². The summed E-state index contributed by atoms with van der Waals surface area (Å²) in [7, 11) is 0. The first kappa shape index (κ1) is 14.0. The Morgan fingerprint density at radius 3 is 2.74 bits per heavy atom. The van der Waals surface area contributed by atoms with E-state index in [2.05, 4.69) is 10.3 Å². The first-order chi connectivity index (χ1) is 9.11. The van der Waals surface area contributed by atoms with E-state index in [9.17, 15) is 9.59 Å². The average molecular weight is 281 g/mol. The fourth-order valence-corrected chi connectivity index (χ4v) is 3.02. The van der Waals surface area contributed by atoms with E-state index in [1.54, 1.807) is 16.6 Å². The van der Waals surface area contributed by atoms with Crippen molar-refractivity contribution < 1.29 is 9.59 Å². The number of nitrogens with zero attached hydrogens (tertiary/aromatic N) is 2. The predicted octanol–water partition coefficient (Wildman–Crippen LogP) is 1.55. The SMILES string of the molecule is CCC1(CC)NC(=O)CCN(Cc2cncs2)C1=O. The number of hydrogen-bond acceptors (Lipinski definition) is 4. The van der Waals surface area contributed by atoms with E-state index in [4.69, 9.17) is 0 Å². The van der Waals surface area contributed by atoms with E-state index in [1.807, 2.05) is 13.8 Å². The van der Waals surface area contributed by atoms with Crippen LogP contribution in [0.2, 0.25) is 0 Å². The van der Waals surface area contributed by atoms with Gasteiger partial charge in [0.1, 0.15) is 5.54 Å². The minimum absolute atomic E-state index is 0.0248. The summed E-state index contributed by atoms with van der Waals surface area (Å²) in [6.07, 6.45) is 3.38. The molecule has 19 heavy (non-hydrogen) atoms. The molecule has 0 aliphatic carbocycles. The molecule has 1 saturated heterocycles. The van der Waals surface area contributed by atoms with Crippen LogP contribution in [0.4, 0.5) is 0 Å². The monoisotopic (exact) mass is 281 g/mol. The molecule has 104 valence electrons. The molecule has 0 radical (unpaired) electrons. The maximum atomic E-state index is 12.7. The summed E-state index contributed by atoms with van der Waals surface area (Å²) in [5.41, 5.74) is 1.02. The summed E-state index contributed by atoms with van der Waals surface area (Å²) in [5, 5.41) is 2.91. The lowest BCUT2D eigenvalue weighted by atomic mass is 9.91. The van der Waals surface area contributed by atoms with E-state index in [0.29, 0.717) is 32.4 Å². The average Bonchev–Trinajstić information content (AvgIpc) is 2.89. The lowest BCUT2D eigenvalue weighted by molar-refractivity contribution is -0.139.